The number of nitrogens with one attached hydrogen (secondary N) is 1. The van der Waals surface area contributed by atoms with Crippen molar-refractivity contribution in [3.8, 4) is 0 Å². The SMILES string of the molecule is O=C1CSC2(C(=O)Nc3ccc(Br)cc32)N1c1cccc(Br)c1. The van der Waals surface area contributed by atoms with Crippen molar-refractivity contribution < 1.29 is 9.59 Å². The van der Waals surface area contributed by atoms with Crippen molar-refractivity contribution in [2.24, 2.45) is 0 Å². The van der Waals surface area contributed by atoms with E-state index in [-0.39, 0.29) is 17.6 Å². The number of thioether (sulfide) groups is 1. The van der Waals surface area contributed by atoms with Gasteiger partial charge in [0, 0.05) is 25.9 Å². The fraction of sp³-hybridized carbons (Fsp3) is 0.125. The summed E-state index contributed by atoms with van der Waals surface area (Å²) in [6.45, 7) is 0. The maximum absolute atomic E-state index is 12.8. The first-order chi connectivity index (χ1) is 11.0. The first kappa shape index (κ1) is 15.2. The van der Waals surface area contributed by atoms with Gasteiger partial charge in [0.25, 0.3) is 5.91 Å². The van der Waals surface area contributed by atoms with Gasteiger partial charge in [-0.3, -0.25) is 14.5 Å². The minimum Gasteiger partial charge on any atom is -0.323 e. The van der Waals surface area contributed by atoms with E-state index >= 15 is 0 Å². The maximum Gasteiger partial charge on any atom is 0.266 e. The van der Waals surface area contributed by atoms with Crippen LogP contribution in [0.2, 0.25) is 0 Å². The van der Waals surface area contributed by atoms with E-state index in [0.717, 1.165) is 20.2 Å². The standard InChI is InChI=1S/C16H10Br2N2O2S/c17-9-2-1-3-11(6-9)20-14(21)8-23-16(20)12-7-10(18)4-5-13(12)19-15(16)22/h1-7H,8H2,(H,19,22). The Labute approximate surface area is 153 Å². The number of hydrogen-bond acceptors (Lipinski definition) is 3. The van der Waals surface area contributed by atoms with Gasteiger partial charge in [-0.05, 0) is 36.4 Å². The third-order valence-corrected chi connectivity index (χ3v) is 6.32. The summed E-state index contributed by atoms with van der Waals surface area (Å²) >= 11 is 8.25. The monoisotopic (exact) mass is 452 g/mol. The van der Waals surface area contributed by atoms with Crippen molar-refractivity contribution in [1.29, 1.82) is 0 Å². The number of fused-ring (bicyclic) bond motifs is 2. The average molecular weight is 454 g/mol. The Bertz CT molecular complexity index is 858. The highest BCUT2D eigenvalue weighted by molar-refractivity contribution is 9.10. The largest absolute Gasteiger partial charge is 0.323 e. The Morgan fingerprint density at radius 3 is 2.65 bits per heavy atom. The quantitative estimate of drug-likeness (QED) is 0.707. The second-order valence-corrected chi connectivity index (χ2v) is 8.29. The van der Waals surface area contributed by atoms with Crippen LogP contribution < -0.4 is 10.2 Å². The van der Waals surface area contributed by atoms with Gasteiger partial charge >= 0.3 is 0 Å². The smallest absolute Gasteiger partial charge is 0.266 e. The number of benzene rings is 2. The molecule has 2 aromatic rings. The van der Waals surface area contributed by atoms with Gasteiger partial charge in [-0.2, -0.15) is 0 Å². The van der Waals surface area contributed by atoms with Gasteiger partial charge in [0.15, 0.2) is 0 Å². The van der Waals surface area contributed by atoms with Crippen LogP contribution in [0.25, 0.3) is 0 Å². The molecule has 2 heterocycles. The Hall–Kier alpha value is -1.31. The molecule has 1 fully saturated rings. The first-order valence-electron chi connectivity index (χ1n) is 6.86. The van der Waals surface area contributed by atoms with Crippen LogP contribution in [-0.2, 0) is 14.5 Å². The Morgan fingerprint density at radius 1 is 1.09 bits per heavy atom. The topological polar surface area (TPSA) is 49.4 Å². The normalized spacial score (nSPS) is 22.6. The van der Waals surface area contributed by atoms with Crippen molar-refractivity contribution in [1.82, 2.24) is 0 Å². The van der Waals surface area contributed by atoms with Crippen LogP contribution in [0.15, 0.2) is 51.4 Å². The fourth-order valence-electron chi connectivity index (χ4n) is 3.01. The Kier molecular flexibility index (Phi) is 3.55. The predicted molar refractivity (Wildman–Crippen MR) is 98.5 cm³/mol. The zero-order valence-electron chi connectivity index (χ0n) is 11.7. The van der Waals surface area contributed by atoms with Gasteiger partial charge < -0.3 is 5.32 Å². The lowest BCUT2D eigenvalue weighted by Crippen LogP contribution is -2.47. The number of halogens is 2. The molecule has 0 bridgehead atoms. The van der Waals surface area contributed by atoms with Crippen LogP contribution in [0.4, 0.5) is 11.4 Å². The third-order valence-electron chi connectivity index (χ3n) is 3.94. The van der Waals surface area contributed by atoms with Crippen molar-refractivity contribution in [3.63, 3.8) is 0 Å². The molecule has 1 saturated heterocycles. The molecule has 1 N–H and O–H groups in total. The molecule has 7 heteroatoms. The number of amides is 2. The van der Waals surface area contributed by atoms with Crippen LogP contribution in [-0.4, -0.2) is 17.6 Å². The lowest BCUT2D eigenvalue weighted by molar-refractivity contribution is -0.122. The molecule has 2 aliphatic rings. The second-order valence-electron chi connectivity index (χ2n) is 5.29. The minimum absolute atomic E-state index is 0.0731. The van der Waals surface area contributed by atoms with Crippen LogP contribution in [0.5, 0.6) is 0 Å². The van der Waals surface area contributed by atoms with E-state index in [1.54, 1.807) is 4.90 Å². The highest BCUT2D eigenvalue weighted by atomic mass is 79.9. The van der Waals surface area contributed by atoms with Gasteiger partial charge in [-0.15, -0.1) is 11.8 Å². The van der Waals surface area contributed by atoms with E-state index in [1.807, 2.05) is 42.5 Å². The van der Waals surface area contributed by atoms with Crippen LogP contribution in [0.3, 0.4) is 0 Å². The lowest BCUT2D eigenvalue weighted by atomic mass is 10.0. The molecule has 2 aromatic carbocycles. The molecule has 0 radical (unpaired) electrons. The van der Waals surface area contributed by atoms with Crippen molar-refractivity contribution >= 4 is 66.8 Å². The summed E-state index contributed by atoms with van der Waals surface area (Å²) < 4.78 is 1.74. The van der Waals surface area contributed by atoms with E-state index in [2.05, 4.69) is 37.2 Å². The fourth-order valence-corrected chi connectivity index (χ4v) is 5.06. The summed E-state index contributed by atoms with van der Waals surface area (Å²) in [4.78, 5) is 26.0. The molecule has 1 atom stereocenters. The van der Waals surface area contributed by atoms with Gasteiger partial charge in [-0.25, -0.2) is 0 Å². The lowest BCUT2D eigenvalue weighted by Gasteiger charge is -2.32. The van der Waals surface area contributed by atoms with E-state index < -0.39 is 4.87 Å². The first-order valence-corrected chi connectivity index (χ1v) is 9.43. The summed E-state index contributed by atoms with van der Waals surface area (Å²) in [5, 5.41) is 2.91. The third kappa shape index (κ3) is 2.17. The number of rotatable bonds is 1. The van der Waals surface area contributed by atoms with Crippen LogP contribution in [0, 0.1) is 0 Å². The average Bonchev–Trinajstić information content (AvgIpc) is 2.99. The highest BCUT2D eigenvalue weighted by Gasteiger charge is 2.58. The molecule has 0 aromatic heterocycles. The molecule has 116 valence electrons. The molecular formula is C16H10Br2N2O2S. The van der Waals surface area contributed by atoms with Gasteiger partial charge in [-0.1, -0.05) is 37.9 Å². The molecule has 4 rings (SSSR count). The van der Waals surface area contributed by atoms with E-state index in [4.69, 9.17) is 0 Å². The summed E-state index contributed by atoms with van der Waals surface area (Å²) in [6.07, 6.45) is 0. The number of carbonyl (C=O) groups is 2. The zero-order chi connectivity index (χ0) is 16.2. The van der Waals surface area contributed by atoms with Gasteiger partial charge in [0.2, 0.25) is 10.8 Å². The second kappa shape index (κ2) is 5.36. The van der Waals surface area contributed by atoms with Gasteiger partial charge in [0.05, 0.1) is 5.75 Å². The summed E-state index contributed by atoms with van der Waals surface area (Å²) in [6, 6.07) is 13.1. The number of anilines is 2. The van der Waals surface area contributed by atoms with Gasteiger partial charge in [0.1, 0.15) is 0 Å². The molecule has 1 spiro atoms. The molecular weight excluding hydrogens is 444 g/mol. The maximum atomic E-state index is 12.8. The van der Waals surface area contributed by atoms with Crippen LogP contribution in [0.1, 0.15) is 5.56 Å². The molecule has 4 nitrogen and oxygen atoms in total. The van der Waals surface area contributed by atoms with E-state index in [1.165, 1.54) is 11.8 Å². The number of nitrogens with zero attached hydrogens (tertiary/aromatic N) is 1. The molecule has 2 aliphatic heterocycles. The zero-order valence-corrected chi connectivity index (χ0v) is 15.7. The van der Waals surface area contributed by atoms with Crippen LogP contribution >= 0.6 is 43.6 Å². The molecule has 1 unspecified atom stereocenters. The molecule has 2 amide bonds. The van der Waals surface area contributed by atoms with Crippen molar-refractivity contribution in [3.05, 3.63) is 57.0 Å². The Balaban J connectivity index is 1.95. The molecule has 23 heavy (non-hydrogen) atoms. The van der Waals surface area contributed by atoms with Crippen molar-refractivity contribution in [2.45, 2.75) is 4.87 Å². The summed E-state index contributed by atoms with van der Waals surface area (Å²) in [7, 11) is 0. The molecule has 0 aliphatic carbocycles. The summed E-state index contributed by atoms with van der Waals surface area (Å²) in [5.41, 5.74) is 2.27. The predicted octanol–water partition coefficient (Wildman–Crippen LogP) is 4.10. The minimum atomic E-state index is -1.04. The highest BCUT2D eigenvalue weighted by Crippen LogP contribution is 2.54. The summed E-state index contributed by atoms with van der Waals surface area (Å²) in [5.74, 6) is 0.0174. The molecule has 0 saturated carbocycles. The Morgan fingerprint density at radius 2 is 1.87 bits per heavy atom. The van der Waals surface area contributed by atoms with E-state index in [9.17, 15) is 9.59 Å². The van der Waals surface area contributed by atoms with E-state index in [0.29, 0.717) is 5.69 Å². The number of carbonyl (C=O) groups excluding carboxylic acids is 2. The van der Waals surface area contributed by atoms with Crippen molar-refractivity contribution in [2.75, 3.05) is 16.0 Å². The number of hydrogen-bond donors (Lipinski definition) is 1.